The highest BCUT2D eigenvalue weighted by atomic mass is 19.4. The van der Waals surface area contributed by atoms with Crippen LogP contribution in [0.3, 0.4) is 0 Å². The lowest BCUT2D eigenvalue weighted by molar-refractivity contribution is -0.137. The Hall–Kier alpha value is -3.17. The van der Waals surface area contributed by atoms with Gasteiger partial charge in [0.2, 0.25) is 5.91 Å². The number of nitrogens with zero attached hydrogens (tertiary/aromatic N) is 1. The van der Waals surface area contributed by atoms with E-state index in [0.717, 1.165) is 31.4 Å². The van der Waals surface area contributed by atoms with Gasteiger partial charge >= 0.3 is 12.2 Å². The topological polar surface area (TPSA) is 86.6 Å². The average molecular weight is 424 g/mol. The number of furan rings is 1. The van der Waals surface area contributed by atoms with Gasteiger partial charge in [-0.3, -0.25) is 4.79 Å². The van der Waals surface area contributed by atoms with E-state index in [-0.39, 0.29) is 18.8 Å². The molecule has 1 aliphatic heterocycles. The molecule has 3 rings (SSSR count). The van der Waals surface area contributed by atoms with Crippen molar-refractivity contribution in [3.63, 3.8) is 0 Å². The molecule has 0 saturated carbocycles. The zero-order valence-electron chi connectivity index (χ0n) is 16.2. The number of carbonyl (C=O) groups excluding carboxylic acids is 2. The summed E-state index contributed by atoms with van der Waals surface area (Å²) in [5, 5.41) is 7.39. The van der Waals surface area contributed by atoms with Crippen molar-refractivity contribution in [1.29, 1.82) is 0 Å². The Morgan fingerprint density at radius 1 is 1.07 bits per heavy atom. The van der Waals surface area contributed by atoms with Crippen molar-refractivity contribution in [1.82, 2.24) is 10.6 Å². The molecule has 1 aromatic heterocycles. The van der Waals surface area contributed by atoms with E-state index in [4.69, 9.17) is 4.42 Å². The van der Waals surface area contributed by atoms with E-state index >= 15 is 0 Å². The van der Waals surface area contributed by atoms with Crippen molar-refractivity contribution in [2.75, 3.05) is 29.9 Å². The molecule has 1 aromatic carbocycles. The van der Waals surface area contributed by atoms with Crippen molar-refractivity contribution in [3.8, 4) is 0 Å². The van der Waals surface area contributed by atoms with Crippen LogP contribution in [0.15, 0.2) is 41.0 Å². The molecule has 0 unspecified atom stereocenters. The molecule has 1 fully saturated rings. The van der Waals surface area contributed by atoms with Crippen LogP contribution in [0.25, 0.3) is 0 Å². The van der Waals surface area contributed by atoms with Gasteiger partial charge in [0.25, 0.3) is 0 Å². The first-order valence-electron chi connectivity index (χ1n) is 9.63. The summed E-state index contributed by atoms with van der Waals surface area (Å²) < 4.78 is 44.5. The number of amides is 3. The van der Waals surface area contributed by atoms with Gasteiger partial charge in [-0.2, -0.15) is 13.2 Å². The number of carbonyl (C=O) groups is 2. The van der Waals surface area contributed by atoms with Gasteiger partial charge in [0.05, 0.1) is 36.3 Å². The first kappa shape index (κ1) is 21.5. The number of anilines is 2. The van der Waals surface area contributed by atoms with Crippen molar-refractivity contribution >= 4 is 23.3 Å². The van der Waals surface area contributed by atoms with Crippen LogP contribution in [0.5, 0.6) is 0 Å². The predicted octanol–water partition coefficient (Wildman–Crippen LogP) is 3.73. The van der Waals surface area contributed by atoms with E-state index in [9.17, 15) is 22.8 Å². The molecule has 0 bridgehead atoms. The van der Waals surface area contributed by atoms with Crippen LogP contribution in [0.2, 0.25) is 0 Å². The molecule has 0 spiro atoms. The Morgan fingerprint density at radius 3 is 2.50 bits per heavy atom. The molecule has 10 heteroatoms. The normalized spacial score (nSPS) is 14.3. The fourth-order valence-electron chi connectivity index (χ4n) is 3.22. The Bertz CT molecular complexity index is 863. The fourth-order valence-corrected chi connectivity index (χ4v) is 3.22. The van der Waals surface area contributed by atoms with Gasteiger partial charge < -0.3 is 25.3 Å². The molecule has 3 amide bonds. The number of hydrogen-bond acceptors (Lipinski definition) is 4. The zero-order valence-corrected chi connectivity index (χ0v) is 16.2. The number of hydrogen-bond donors (Lipinski definition) is 3. The third kappa shape index (κ3) is 5.91. The molecule has 1 aliphatic rings. The van der Waals surface area contributed by atoms with Crippen LogP contribution < -0.4 is 20.9 Å². The van der Waals surface area contributed by atoms with Crippen LogP contribution in [0.4, 0.5) is 29.3 Å². The number of benzene rings is 1. The minimum atomic E-state index is -4.52. The monoisotopic (exact) mass is 424 g/mol. The van der Waals surface area contributed by atoms with Crippen LogP contribution >= 0.6 is 0 Å². The molecule has 1 saturated heterocycles. The largest absolute Gasteiger partial charge is 0.467 e. The lowest BCUT2D eigenvalue weighted by Gasteiger charge is -2.31. The summed E-state index contributed by atoms with van der Waals surface area (Å²) in [4.78, 5) is 26.0. The van der Waals surface area contributed by atoms with Crippen LogP contribution in [0.1, 0.15) is 30.6 Å². The second kappa shape index (κ2) is 9.55. The molecule has 2 heterocycles. The predicted molar refractivity (Wildman–Crippen MR) is 105 cm³/mol. The summed E-state index contributed by atoms with van der Waals surface area (Å²) in [5.41, 5.74) is -0.226. The number of halogens is 3. The summed E-state index contributed by atoms with van der Waals surface area (Å²) >= 11 is 0. The SMILES string of the molecule is O=C(CNC(=O)NCc1ccco1)Nc1cc(C(F)(F)F)ccc1N1CCCCC1. The van der Waals surface area contributed by atoms with Gasteiger partial charge in [-0.05, 0) is 49.6 Å². The minimum absolute atomic E-state index is 0.0783. The first-order chi connectivity index (χ1) is 14.3. The third-order valence-corrected chi connectivity index (χ3v) is 4.71. The van der Waals surface area contributed by atoms with Gasteiger partial charge in [-0.1, -0.05) is 0 Å². The second-order valence-electron chi connectivity index (χ2n) is 6.94. The number of nitrogens with one attached hydrogen (secondary N) is 3. The van der Waals surface area contributed by atoms with E-state index in [2.05, 4.69) is 16.0 Å². The number of rotatable bonds is 6. The lowest BCUT2D eigenvalue weighted by atomic mass is 10.1. The fraction of sp³-hybridized carbons (Fsp3) is 0.400. The Labute approximate surface area is 171 Å². The van der Waals surface area contributed by atoms with Crippen LogP contribution in [-0.4, -0.2) is 31.6 Å². The number of alkyl halides is 3. The maximum Gasteiger partial charge on any atom is 0.416 e. The summed E-state index contributed by atoms with van der Waals surface area (Å²) in [5.74, 6) is -0.0783. The summed E-state index contributed by atoms with van der Waals surface area (Å²) in [6.45, 7) is 1.18. The highest BCUT2D eigenvalue weighted by Gasteiger charge is 2.31. The zero-order chi connectivity index (χ0) is 21.6. The van der Waals surface area contributed by atoms with E-state index in [1.54, 1.807) is 12.1 Å². The maximum atomic E-state index is 13.1. The molecule has 0 aliphatic carbocycles. The van der Waals surface area contributed by atoms with Crippen LogP contribution in [0, 0.1) is 0 Å². The molecule has 162 valence electrons. The molecule has 2 aromatic rings. The van der Waals surface area contributed by atoms with Crippen LogP contribution in [-0.2, 0) is 17.5 Å². The van der Waals surface area contributed by atoms with Crippen molar-refractivity contribution in [2.45, 2.75) is 32.0 Å². The lowest BCUT2D eigenvalue weighted by Crippen LogP contribution is -2.40. The number of urea groups is 1. The molecule has 0 atom stereocenters. The van der Waals surface area contributed by atoms with E-state index in [1.807, 2.05) is 4.90 Å². The Balaban J connectivity index is 1.62. The molecule has 7 nitrogen and oxygen atoms in total. The van der Waals surface area contributed by atoms with E-state index in [1.165, 1.54) is 12.3 Å². The average Bonchev–Trinajstić information content (AvgIpc) is 3.24. The smallest absolute Gasteiger partial charge is 0.416 e. The molecular formula is C20H23F3N4O3. The molecule has 30 heavy (non-hydrogen) atoms. The summed E-state index contributed by atoms with van der Waals surface area (Å²) in [6, 6.07) is 6.09. The van der Waals surface area contributed by atoms with E-state index < -0.39 is 23.7 Å². The molecular weight excluding hydrogens is 401 g/mol. The van der Waals surface area contributed by atoms with Crippen molar-refractivity contribution < 1.29 is 27.2 Å². The standard InChI is InChI=1S/C20H23F3N4O3/c21-20(22,23)14-6-7-17(27-8-2-1-3-9-27)16(11-14)26-18(28)13-25-19(29)24-12-15-5-4-10-30-15/h4-7,10-11H,1-3,8-9,12-13H2,(H,26,28)(H2,24,25,29). The van der Waals surface area contributed by atoms with Gasteiger partial charge in [-0.25, -0.2) is 4.79 Å². The quantitative estimate of drug-likeness (QED) is 0.660. The Kier molecular flexibility index (Phi) is 6.86. The molecule has 3 N–H and O–H groups in total. The third-order valence-electron chi connectivity index (χ3n) is 4.71. The summed E-state index contributed by atoms with van der Waals surface area (Å²) in [7, 11) is 0. The van der Waals surface area contributed by atoms with Crippen molar-refractivity contribution in [3.05, 3.63) is 47.9 Å². The highest BCUT2D eigenvalue weighted by Crippen LogP contribution is 2.36. The van der Waals surface area contributed by atoms with Gasteiger partial charge in [0.15, 0.2) is 0 Å². The minimum Gasteiger partial charge on any atom is -0.467 e. The molecule has 0 radical (unpaired) electrons. The van der Waals surface area contributed by atoms with Gasteiger partial charge in [0, 0.05) is 13.1 Å². The number of piperidine rings is 1. The van der Waals surface area contributed by atoms with Gasteiger partial charge in [0.1, 0.15) is 5.76 Å². The van der Waals surface area contributed by atoms with Crippen molar-refractivity contribution in [2.24, 2.45) is 0 Å². The highest BCUT2D eigenvalue weighted by molar-refractivity contribution is 5.97. The van der Waals surface area contributed by atoms with Gasteiger partial charge in [-0.15, -0.1) is 0 Å². The van der Waals surface area contributed by atoms with E-state index in [0.29, 0.717) is 24.5 Å². The first-order valence-corrected chi connectivity index (χ1v) is 9.63. The summed E-state index contributed by atoms with van der Waals surface area (Å²) in [6.07, 6.45) is -0.116. The second-order valence-corrected chi connectivity index (χ2v) is 6.94. The Morgan fingerprint density at radius 2 is 1.83 bits per heavy atom. The maximum absolute atomic E-state index is 13.1.